The van der Waals surface area contributed by atoms with Crippen molar-refractivity contribution in [2.45, 2.75) is 13.3 Å². The molecule has 9 nitrogen and oxygen atoms in total. The van der Waals surface area contributed by atoms with E-state index in [1.807, 2.05) is 19.1 Å². The summed E-state index contributed by atoms with van der Waals surface area (Å²) in [7, 11) is 0. The lowest BCUT2D eigenvalue weighted by atomic mass is 10.1. The van der Waals surface area contributed by atoms with E-state index in [9.17, 15) is 24.5 Å². The first-order valence-electron chi connectivity index (χ1n) is 10.4. The topological polar surface area (TPSA) is 115 Å². The fourth-order valence-electron chi connectivity index (χ4n) is 3.44. The van der Waals surface area contributed by atoms with Crippen molar-refractivity contribution in [1.29, 1.82) is 0 Å². The first-order chi connectivity index (χ1) is 16.4. The summed E-state index contributed by atoms with van der Waals surface area (Å²) in [6.45, 7) is 1.63. The molecule has 1 N–H and O–H groups in total. The third-order valence-corrected chi connectivity index (χ3v) is 6.11. The fraction of sp³-hybridized carbons (Fsp3) is 0.125. The van der Waals surface area contributed by atoms with E-state index in [-0.39, 0.29) is 10.6 Å². The number of aryl methyl sites for hydroxylation is 1. The number of imide groups is 1. The van der Waals surface area contributed by atoms with E-state index >= 15 is 0 Å². The monoisotopic (exact) mass is 476 g/mol. The van der Waals surface area contributed by atoms with Crippen LogP contribution < -0.4 is 5.32 Å². The molecule has 172 valence electrons. The maximum atomic E-state index is 12.8. The Morgan fingerprint density at radius 1 is 1.12 bits per heavy atom. The predicted molar refractivity (Wildman–Crippen MR) is 130 cm³/mol. The summed E-state index contributed by atoms with van der Waals surface area (Å²) < 4.78 is 1.67. The highest BCUT2D eigenvalue weighted by Gasteiger charge is 2.36. The summed E-state index contributed by atoms with van der Waals surface area (Å²) in [5.41, 5.74) is 2.75. The Bertz CT molecular complexity index is 1310. The molecular weight excluding hydrogens is 456 g/mol. The Kier molecular flexibility index (Phi) is 6.60. The van der Waals surface area contributed by atoms with Crippen molar-refractivity contribution >= 4 is 46.3 Å². The third kappa shape index (κ3) is 4.91. The maximum Gasteiger partial charge on any atom is 0.294 e. The number of benzene rings is 2. The second-order valence-corrected chi connectivity index (χ2v) is 8.44. The quantitative estimate of drug-likeness (QED) is 0.302. The van der Waals surface area contributed by atoms with E-state index in [2.05, 4.69) is 5.32 Å². The zero-order valence-electron chi connectivity index (χ0n) is 18.1. The van der Waals surface area contributed by atoms with Gasteiger partial charge in [0.05, 0.1) is 15.5 Å². The minimum atomic E-state index is -0.571. The number of thioether (sulfide) groups is 1. The molecule has 1 fully saturated rings. The Morgan fingerprint density at radius 2 is 1.88 bits per heavy atom. The largest absolute Gasteiger partial charge is 0.325 e. The average molecular weight is 477 g/mol. The van der Waals surface area contributed by atoms with Gasteiger partial charge in [0.15, 0.2) is 0 Å². The Morgan fingerprint density at radius 3 is 2.59 bits per heavy atom. The van der Waals surface area contributed by atoms with Crippen molar-refractivity contribution in [2.24, 2.45) is 0 Å². The molecule has 1 aliphatic rings. The zero-order chi connectivity index (χ0) is 24.2. The number of hydrogen-bond acceptors (Lipinski definition) is 6. The smallest absolute Gasteiger partial charge is 0.294 e. The van der Waals surface area contributed by atoms with Crippen LogP contribution >= 0.6 is 11.8 Å². The molecule has 4 rings (SSSR count). The van der Waals surface area contributed by atoms with Gasteiger partial charge in [0.1, 0.15) is 6.54 Å². The average Bonchev–Trinajstić information content (AvgIpc) is 3.39. The molecule has 0 aliphatic carbocycles. The normalized spacial score (nSPS) is 14.6. The third-order valence-electron chi connectivity index (χ3n) is 5.20. The molecule has 10 heteroatoms. The van der Waals surface area contributed by atoms with Gasteiger partial charge in [0.25, 0.3) is 16.8 Å². The van der Waals surface area contributed by atoms with Crippen LogP contribution in [-0.2, 0) is 16.0 Å². The fourth-order valence-corrected chi connectivity index (χ4v) is 4.26. The molecule has 0 spiro atoms. The molecule has 2 heterocycles. The van der Waals surface area contributed by atoms with Crippen LogP contribution in [-0.4, -0.2) is 38.0 Å². The number of carbonyl (C=O) groups excluding carboxylic acids is 3. The van der Waals surface area contributed by atoms with E-state index in [1.54, 1.807) is 47.2 Å². The lowest BCUT2D eigenvalue weighted by Gasteiger charge is -2.12. The molecule has 34 heavy (non-hydrogen) atoms. The summed E-state index contributed by atoms with van der Waals surface area (Å²) >= 11 is 0.742. The second kappa shape index (κ2) is 9.75. The van der Waals surface area contributed by atoms with Gasteiger partial charge in [-0.1, -0.05) is 25.1 Å². The van der Waals surface area contributed by atoms with Gasteiger partial charge in [-0.25, -0.2) is 0 Å². The number of nitrogens with one attached hydrogen (secondary N) is 1. The number of nitro benzene ring substituents is 1. The number of nitrogens with zero attached hydrogens (tertiary/aromatic N) is 3. The summed E-state index contributed by atoms with van der Waals surface area (Å²) in [5, 5.41) is 13.2. The van der Waals surface area contributed by atoms with Crippen LogP contribution in [0.15, 0.2) is 71.8 Å². The van der Waals surface area contributed by atoms with Gasteiger partial charge in [-0.15, -0.1) is 0 Å². The van der Waals surface area contributed by atoms with Gasteiger partial charge >= 0.3 is 0 Å². The molecule has 0 unspecified atom stereocenters. The minimum Gasteiger partial charge on any atom is -0.325 e. The number of hydrogen-bond donors (Lipinski definition) is 1. The molecule has 1 aliphatic heterocycles. The SMILES string of the molecule is CCc1ccc(NC(=O)CN2C(=O)S/C(=C\c3cccn3-c3cccc([N+](=O)[O-])c3)C2=O)cc1. The molecule has 1 saturated heterocycles. The lowest BCUT2D eigenvalue weighted by Crippen LogP contribution is -2.36. The highest BCUT2D eigenvalue weighted by Crippen LogP contribution is 2.32. The Balaban J connectivity index is 1.49. The Hall–Kier alpha value is -4.18. The second-order valence-electron chi connectivity index (χ2n) is 7.45. The van der Waals surface area contributed by atoms with E-state index in [1.165, 1.54) is 18.2 Å². The van der Waals surface area contributed by atoms with Crippen LogP contribution in [0.3, 0.4) is 0 Å². The van der Waals surface area contributed by atoms with E-state index in [0.29, 0.717) is 17.1 Å². The predicted octanol–water partition coefficient (Wildman–Crippen LogP) is 4.62. The highest BCUT2D eigenvalue weighted by molar-refractivity contribution is 8.18. The number of non-ortho nitro benzene ring substituents is 1. The van der Waals surface area contributed by atoms with Crippen LogP contribution in [0.25, 0.3) is 11.8 Å². The molecule has 1 aromatic heterocycles. The van der Waals surface area contributed by atoms with Crippen LogP contribution in [0.2, 0.25) is 0 Å². The van der Waals surface area contributed by atoms with Crippen LogP contribution in [0.1, 0.15) is 18.2 Å². The Labute approximate surface area is 199 Å². The first-order valence-corrected chi connectivity index (χ1v) is 11.2. The van der Waals surface area contributed by atoms with Crippen molar-refractivity contribution in [1.82, 2.24) is 9.47 Å². The molecule has 0 saturated carbocycles. The number of anilines is 1. The summed E-state index contributed by atoms with van der Waals surface area (Å²) in [6, 6.07) is 16.9. The summed E-state index contributed by atoms with van der Waals surface area (Å²) in [4.78, 5) is 49.4. The van der Waals surface area contributed by atoms with Gasteiger partial charge in [-0.2, -0.15) is 0 Å². The molecule has 3 aromatic rings. The molecular formula is C24H20N4O5S. The minimum absolute atomic E-state index is 0.0622. The molecule has 0 radical (unpaired) electrons. The molecule has 2 aromatic carbocycles. The van der Waals surface area contributed by atoms with Crippen LogP contribution in [0, 0.1) is 10.1 Å². The maximum absolute atomic E-state index is 12.8. The molecule has 0 atom stereocenters. The van der Waals surface area contributed by atoms with Crippen molar-refractivity contribution in [2.75, 3.05) is 11.9 Å². The van der Waals surface area contributed by atoms with Crippen LogP contribution in [0.5, 0.6) is 0 Å². The number of nitro groups is 1. The highest BCUT2D eigenvalue weighted by atomic mass is 32.2. The van der Waals surface area contributed by atoms with Gasteiger partial charge in [0, 0.05) is 29.7 Å². The van der Waals surface area contributed by atoms with Crippen molar-refractivity contribution in [3.8, 4) is 5.69 Å². The van der Waals surface area contributed by atoms with Gasteiger partial charge in [-0.3, -0.25) is 29.4 Å². The van der Waals surface area contributed by atoms with Gasteiger partial charge in [0.2, 0.25) is 5.91 Å². The summed E-state index contributed by atoms with van der Waals surface area (Å²) in [5.74, 6) is -1.05. The zero-order valence-corrected chi connectivity index (χ0v) is 19.0. The number of rotatable bonds is 7. The number of carbonyl (C=O) groups is 3. The van der Waals surface area contributed by atoms with E-state index in [4.69, 9.17) is 0 Å². The standard InChI is InChI=1S/C24H20N4O5S/c1-2-16-8-10-17(11-9-16)25-22(29)15-27-23(30)21(34-24(27)31)14-19-7-4-12-26(19)18-5-3-6-20(13-18)28(32)33/h3-14H,2,15H2,1H3,(H,25,29)/b21-14-. The van der Waals surface area contributed by atoms with E-state index in [0.717, 1.165) is 28.6 Å². The first kappa shape index (κ1) is 23.0. The number of aromatic nitrogens is 1. The van der Waals surface area contributed by atoms with Crippen molar-refractivity contribution in [3.05, 3.63) is 93.1 Å². The number of amides is 3. The van der Waals surface area contributed by atoms with E-state index < -0.39 is 28.5 Å². The van der Waals surface area contributed by atoms with Gasteiger partial charge in [-0.05, 0) is 60.2 Å². The van der Waals surface area contributed by atoms with Crippen LogP contribution in [0.4, 0.5) is 16.2 Å². The van der Waals surface area contributed by atoms with Crippen molar-refractivity contribution in [3.63, 3.8) is 0 Å². The lowest BCUT2D eigenvalue weighted by molar-refractivity contribution is -0.384. The van der Waals surface area contributed by atoms with Crippen molar-refractivity contribution < 1.29 is 19.3 Å². The van der Waals surface area contributed by atoms with Gasteiger partial charge < -0.3 is 9.88 Å². The molecule has 0 bridgehead atoms. The molecule has 3 amide bonds. The summed E-state index contributed by atoms with van der Waals surface area (Å²) in [6.07, 6.45) is 4.11.